The molecule has 0 spiro atoms. The van der Waals surface area contributed by atoms with Gasteiger partial charge in [-0.3, -0.25) is 4.90 Å². The molecule has 2 N–H and O–H groups in total. The highest BCUT2D eigenvalue weighted by Gasteiger charge is 2.34. The molecule has 7 heteroatoms. The Kier molecular flexibility index (Phi) is 5.22. The van der Waals surface area contributed by atoms with E-state index in [2.05, 4.69) is 20.7 Å². The summed E-state index contributed by atoms with van der Waals surface area (Å²) in [7, 11) is 1.27. The second-order valence-electron chi connectivity index (χ2n) is 6.51. The lowest BCUT2D eigenvalue weighted by Crippen LogP contribution is -2.36. The van der Waals surface area contributed by atoms with E-state index in [0.29, 0.717) is 6.54 Å². The SMILES string of the molecule is COC(=O)/C(N)=C/C1CN(C(=O)OC(C)(C)C)c2cc(Br)ccc21. The van der Waals surface area contributed by atoms with E-state index in [1.165, 1.54) is 7.11 Å². The van der Waals surface area contributed by atoms with E-state index >= 15 is 0 Å². The van der Waals surface area contributed by atoms with Crippen LogP contribution in [-0.2, 0) is 14.3 Å². The van der Waals surface area contributed by atoms with Crippen molar-refractivity contribution in [1.82, 2.24) is 0 Å². The summed E-state index contributed by atoms with van der Waals surface area (Å²) in [6.45, 7) is 5.79. The molecule has 24 heavy (non-hydrogen) atoms. The fourth-order valence-electron chi connectivity index (χ4n) is 2.49. The van der Waals surface area contributed by atoms with E-state index < -0.39 is 17.7 Å². The van der Waals surface area contributed by atoms with Gasteiger partial charge in [0, 0.05) is 16.9 Å². The van der Waals surface area contributed by atoms with E-state index in [-0.39, 0.29) is 11.6 Å². The molecule has 0 fully saturated rings. The molecule has 1 aliphatic rings. The molecule has 1 heterocycles. The summed E-state index contributed by atoms with van der Waals surface area (Å²) in [5, 5.41) is 0. The molecule has 0 saturated heterocycles. The molecular formula is C17H21BrN2O4. The van der Waals surface area contributed by atoms with Crippen LogP contribution in [0.1, 0.15) is 32.3 Å². The number of carbonyl (C=O) groups is 2. The van der Waals surface area contributed by atoms with Gasteiger partial charge in [-0.15, -0.1) is 0 Å². The fourth-order valence-corrected chi connectivity index (χ4v) is 2.84. The summed E-state index contributed by atoms with van der Waals surface area (Å²) < 4.78 is 10.9. The van der Waals surface area contributed by atoms with E-state index in [9.17, 15) is 9.59 Å². The monoisotopic (exact) mass is 396 g/mol. The number of benzene rings is 1. The Hall–Kier alpha value is -2.02. The number of methoxy groups -OCH3 is 1. The first-order valence-electron chi connectivity index (χ1n) is 7.48. The number of hydrogen-bond acceptors (Lipinski definition) is 5. The maximum absolute atomic E-state index is 12.5. The van der Waals surface area contributed by atoms with Gasteiger partial charge in [0.15, 0.2) is 0 Å². The molecule has 0 aromatic heterocycles. The fraction of sp³-hybridized carbons (Fsp3) is 0.412. The maximum atomic E-state index is 12.5. The standard InChI is InChI=1S/C17H21BrN2O4/c1-17(2,3)24-16(22)20-9-10(7-13(19)15(21)23-4)12-6-5-11(18)8-14(12)20/h5-8,10H,9,19H2,1-4H3/b13-7-. The number of halogens is 1. The van der Waals surface area contributed by atoms with Crippen molar-refractivity contribution < 1.29 is 19.1 Å². The van der Waals surface area contributed by atoms with Crippen molar-refractivity contribution in [2.75, 3.05) is 18.6 Å². The zero-order valence-electron chi connectivity index (χ0n) is 14.1. The molecule has 6 nitrogen and oxygen atoms in total. The Morgan fingerprint density at radius 1 is 1.38 bits per heavy atom. The third kappa shape index (κ3) is 4.08. The van der Waals surface area contributed by atoms with Gasteiger partial charge in [0.05, 0.1) is 12.8 Å². The molecule has 1 aromatic rings. The van der Waals surface area contributed by atoms with Crippen molar-refractivity contribution >= 4 is 33.7 Å². The van der Waals surface area contributed by atoms with Gasteiger partial charge in [0.2, 0.25) is 0 Å². The van der Waals surface area contributed by atoms with Crippen LogP contribution < -0.4 is 10.6 Å². The summed E-state index contributed by atoms with van der Waals surface area (Å²) in [6, 6.07) is 5.63. The normalized spacial score (nSPS) is 17.5. The van der Waals surface area contributed by atoms with Crippen molar-refractivity contribution in [2.24, 2.45) is 5.73 Å². The van der Waals surface area contributed by atoms with Crippen LogP contribution in [0.15, 0.2) is 34.4 Å². The average molecular weight is 397 g/mol. The van der Waals surface area contributed by atoms with Crippen molar-refractivity contribution in [1.29, 1.82) is 0 Å². The van der Waals surface area contributed by atoms with Gasteiger partial charge in [-0.25, -0.2) is 9.59 Å². The van der Waals surface area contributed by atoms with Gasteiger partial charge in [-0.1, -0.05) is 22.0 Å². The van der Waals surface area contributed by atoms with Crippen LogP contribution in [0.3, 0.4) is 0 Å². The van der Waals surface area contributed by atoms with Crippen LogP contribution in [0.2, 0.25) is 0 Å². The number of esters is 1. The lowest BCUT2D eigenvalue weighted by molar-refractivity contribution is -0.136. The number of anilines is 1. The van der Waals surface area contributed by atoms with E-state index in [1.54, 1.807) is 11.0 Å². The summed E-state index contributed by atoms with van der Waals surface area (Å²) in [5.41, 5.74) is 6.81. The largest absolute Gasteiger partial charge is 0.464 e. The van der Waals surface area contributed by atoms with Crippen molar-refractivity contribution in [2.45, 2.75) is 32.3 Å². The van der Waals surface area contributed by atoms with E-state index in [0.717, 1.165) is 15.7 Å². The number of ether oxygens (including phenoxy) is 2. The molecule has 1 unspecified atom stereocenters. The quantitative estimate of drug-likeness (QED) is 0.612. The lowest BCUT2D eigenvalue weighted by atomic mass is 10.0. The molecule has 0 saturated carbocycles. The minimum absolute atomic E-state index is 0.0161. The molecule has 1 aliphatic heterocycles. The van der Waals surface area contributed by atoms with Crippen LogP contribution >= 0.6 is 15.9 Å². The van der Waals surface area contributed by atoms with Crippen LogP contribution in [0, 0.1) is 0 Å². The van der Waals surface area contributed by atoms with Gasteiger partial charge >= 0.3 is 12.1 Å². The van der Waals surface area contributed by atoms with Crippen LogP contribution in [0.5, 0.6) is 0 Å². The first-order chi connectivity index (χ1) is 11.1. The molecule has 2 rings (SSSR count). The van der Waals surface area contributed by atoms with Crippen LogP contribution in [0.4, 0.5) is 10.5 Å². The number of fused-ring (bicyclic) bond motifs is 1. The number of amides is 1. The molecule has 130 valence electrons. The van der Waals surface area contributed by atoms with Gasteiger partial charge in [-0.05, 0) is 44.5 Å². The molecule has 1 atom stereocenters. The van der Waals surface area contributed by atoms with Crippen LogP contribution in [0.25, 0.3) is 0 Å². The number of hydrogen-bond donors (Lipinski definition) is 1. The third-order valence-electron chi connectivity index (χ3n) is 3.48. The summed E-state index contributed by atoms with van der Waals surface area (Å²) >= 11 is 3.42. The Morgan fingerprint density at radius 3 is 2.62 bits per heavy atom. The predicted octanol–water partition coefficient (Wildman–Crippen LogP) is 3.30. The zero-order valence-corrected chi connectivity index (χ0v) is 15.7. The minimum atomic E-state index is -0.595. The molecule has 0 radical (unpaired) electrons. The second-order valence-corrected chi connectivity index (χ2v) is 7.43. The average Bonchev–Trinajstić information content (AvgIpc) is 2.82. The summed E-state index contributed by atoms with van der Waals surface area (Å²) in [6.07, 6.45) is 1.18. The Morgan fingerprint density at radius 2 is 2.04 bits per heavy atom. The van der Waals surface area contributed by atoms with Crippen molar-refractivity contribution in [3.05, 3.63) is 40.0 Å². The number of nitrogens with two attached hydrogens (primary N) is 1. The third-order valence-corrected chi connectivity index (χ3v) is 3.97. The molecule has 0 aliphatic carbocycles. The van der Waals surface area contributed by atoms with Crippen molar-refractivity contribution in [3.8, 4) is 0 Å². The van der Waals surface area contributed by atoms with E-state index in [4.69, 9.17) is 10.5 Å². The minimum Gasteiger partial charge on any atom is -0.464 e. The van der Waals surface area contributed by atoms with E-state index in [1.807, 2.05) is 39.0 Å². The summed E-state index contributed by atoms with van der Waals surface area (Å²) in [5.74, 6) is -0.802. The zero-order chi connectivity index (χ0) is 18.1. The Balaban J connectivity index is 2.36. The van der Waals surface area contributed by atoms with Gasteiger partial charge in [0.25, 0.3) is 0 Å². The second kappa shape index (κ2) is 6.84. The smallest absolute Gasteiger partial charge is 0.414 e. The first-order valence-corrected chi connectivity index (χ1v) is 8.27. The molecule has 1 amide bonds. The Labute approximate surface area is 149 Å². The highest BCUT2D eigenvalue weighted by molar-refractivity contribution is 9.10. The number of carbonyl (C=O) groups excluding carboxylic acids is 2. The predicted molar refractivity (Wildman–Crippen MR) is 94.7 cm³/mol. The van der Waals surface area contributed by atoms with Gasteiger partial charge in [0.1, 0.15) is 11.3 Å². The first kappa shape index (κ1) is 18.3. The van der Waals surface area contributed by atoms with Gasteiger partial charge in [-0.2, -0.15) is 0 Å². The lowest BCUT2D eigenvalue weighted by Gasteiger charge is -2.25. The molecule has 0 bridgehead atoms. The maximum Gasteiger partial charge on any atom is 0.414 e. The number of nitrogens with zero attached hydrogens (tertiary/aromatic N) is 1. The van der Waals surface area contributed by atoms with Gasteiger partial charge < -0.3 is 15.2 Å². The number of rotatable bonds is 2. The highest BCUT2D eigenvalue weighted by Crippen LogP contribution is 2.39. The van der Waals surface area contributed by atoms with Crippen LogP contribution in [-0.4, -0.2) is 31.3 Å². The summed E-state index contributed by atoms with van der Waals surface area (Å²) in [4.78, 5) is 25.6. The molecular weight excluding hydrogens is 376 g/mol. The Bertz CT molecular complexity index is 694. The molecule has 1 aromatic carbocycles. The highest BCUT2D eigenvalue weighted by atomic mass is 79.9. The van der Waals surface area contributed by atoms with Crippen molar-refractivity contribution in [3.63, 3.8) is 0 Å². The topological polar surface area (TPSA) is 81.9 Å².